The normalized spacial score (nSPS) is 17.8. The molecule has 0 bridgehead atoms. The Morgan fingerprint density at radius 2 is 1.85 bits per heavy atom. The van der Waals surface area contributed by atoms with Gasteiger partial charge in [-0.15, -0.1) is 0 Å². The van der Waals surface area contributed by atoms with Crippen LogP contribution in [0.4, 0.5) is 0 Å². The van der Waals surface area contributed by atoms with Crippen LogP contribution < -0.4 is 5.73 Å². The predicted molar refractivity (Wildman–Crippen MR) is 65.0 cm³/mol. The van der Waals surface area contributed by atoms with Crippen molar-refractivity contribution in [3.63, 3.8) is 0 Å². The van der Waals surface area contributed by atoms with Crippen molar-refractivity contribution in [1.82, 2.24) is 4.90 Å². The van der Waals surface area contributed by atoms with Gasteiger partial charge in [0.2, 0.25) is 0 Å². The Morgan fingerprint density at radius 3 is 2.38 bits per heavy atom. The molecule has 0 radical (unpaired) electrons. The van der Waals surface area contributed by atoms with Crippen LogP contribution >= 0.6 is 23.0 Å². The highest BCUT2D eigenvalue weighted by Gasteiger charge is 2.08. The third-order valence-corrected chi connectivity index (χ3v) is 2.58. The fraction of sp³-hybridized carbons (Fsp3) is 1.00. The van der Waals surface area contributed by atoms with Crippen LogP contribution in [0.1, 0.15) is 25.7 Å². The number of hydrogen-bond donors (Lipinski definition) is 1. The number of piperidine rings is 1. The highest BCUT2D eigenvalue weighted by molar-refractivity contribution is 14.1. The quantitative estimate of drug-likeness (QED) is 0.635. The van der Waals surface area contributed by atoms with Crippen molar-refractivity contribution < 1.29 is 3.07 Å². The van der Waals surface area contributed by atoms with Gasteiger partial charge in [-0.3, -0.25) is 0 Å². The molecular weight excluding hydrogens is 279 g/mol. The molecule has 0 saturated carbocycles. The van der Waals surface area contributed by atoms with Gasteiger partial charge in [-0.2, -0.15) is 0 Å². The van der Waals surface area contributed by atoms with Gasteiger partial charge in [0.15, 0.2) is 0 Å². The average Bonchev–Trinajstić information content (AvgIpc) is 2.23. The first kappa shape index (κ1) is 13.6. The summed E-state index contributed by atoms with van der Waals surface area (Å²) >= 11 is 1.96. The van der Waals surface area contributed by atoms with E-state index in [0.717, 1.165) is 6.61 Å². The molecule has 0 spiro atoms. The highest BCUT2D eigenvalue weighted by Crippen LogP contribution is 2.08. The van der Waals surface area contributed by atoms with Gasteiger partial charge in [-0.25, -0.2) is 0 Å². The molecule has 0 amide bonds. The smallest absolute Gasteiger partial charge is 0.109 e. The van der Waals surface area contributed by atoms with Gasteiger partial charge in [-0.1, -0.05) is 6.42 Å². The first-order valence-electron chi connectivity index (χ1n) is 4.97. The third-order valence-electron chi connectivity index (χ3n) is 2.14. The summed E-state index contributed by atoms with van der Waals surface area (Å²) in [6, 6.07) is 0. The molecule has 13 heavy (non-hydrogen) atoms. The topological polar surface area (TPSA) is 38.5 Å². The van der Waals surface area contributed by atoms with Gasteiger partial charge >= 0.3 is 0 Å². The second-order valence-corrected chi connectivity index (χ2v) is 3.69. The maximum absolute atomic E-state index is 4.98. The Balaban J connectivity index is 0.000000671. The minimum Gasteiger partial charge on any atom is -0.333 e. The van der Waals surface area contributed by atoms with Crippen LogP contribution in [0.2, 0.25) is 0 Å². The summed E-state index contributed by atoms with van der Waals surface area (Å²) in [5.74, 6) is 0. The molecule has 1 aliphatic heterocycles. The van der Waals surface area contributed by atoms with Crippen LogP contribution in [0, 0.1) is 0 Å². The van der Waals surface area contributed by atoms with Crippen molar-refractivity contribution in [1.29, 1.82) is 0 Å². The Labute approximate surface area is 95.7 Å². The zero-order chi connectivity index (χ0) is 9.94. The molecule has 1 rings (SSSR count). The molecule has 4 heteroatoms. The van der Waals surface area contributed by atoms with Gasteiger partial charge in [0.05, 0.1) is 6.61 Å². The molecule has 1 heterocycles. The number of likely N-dealkylation sites (tertiary alicyclic amines) is 1. The first-order chi connectivity index (χ1) is 6.43. The summed E-state index contributed by atoms with van der Waals surface area (Å²) in [4.78, 5) is 2.54. The summed E-state index contributed by atoms with van der Waals surface area (Å²) in [6.45, 7) is 4.74. The fourth-order valence-corrected chi connectivity index (χ4v) is 1.84. The Hall–Kier alpha value is 0.610. The molecule has 0 aromatic carbocycles. The van der Waals surface area contributed by atoms with E-state index in [1.807, 2.05) is 23.0 Å². The fourth-order valence-electron chi connectivity index (χ4n) is 1.53. The SMILES string of the molecule is CN.IOCCCN1CCCCC1. The van der Waals surface area contributed by atoms with Gasteiger partial charge in [0, 0.05) is 6.54 Å². The van der Waals surface area contributed by atoms with Crippen molar-refractivity contribution in [2.75, 3.05) is 33.3 Å². The molecule has 80 valence electrons. The van der Waals surface area contributed by atoms with E-state index >= 15 is 0 Å². The molecule has 0 aromatic heterocycles. The monoisotopic (exact) mass is 300 g/mol. The van der Waals surface area contributed by atoms with E-state index in [1.165, 1.54) is 52.4 Å². The molecule has 1 saturated heterocycles. The Bertz CT molecular complexity index is 97.6. The number of halogens is 1. The maximum Gasteiger partial charge on any atom is 0.109 e. The summed E-state index contributed by atoms with van der Waals surface area (Å²) in [5.41, 5.74) is 4.50. The second-order valence-electron chi connectivity index (χ2n) is 3.07. The van der Waals surface area contributed by atoms with Crippen LogP contribution in [0.15, 0.2) is 0 Å². The predicted octanol–water partition coefficient (Wildman–Crippen LogP) is 1.80. The molecule has 0 aromatic rings. The van der Waals surface area contributed by atoms with E-state index in [4.69, 9.17) is 3.07 Å². The van der Waals surface area contributed by atoms with Crippen molar-refractivity contribution in [2.45, 2.75) is 25.7 Å². The summed E-state index contributed by atoms with van der Waals surface area (Å²) < 4.78 is 4.98. The van der Waals surface area contributed by atoms with E-state index in [1.54, 1.807) is 0 Å². The van der Waals surface area contributed by atoms with Gasteiger partial charge < -0.3 is 13.7 Å². The number of rotatable bonds is 4. The number of hydrogen-bond acceptors (Lipinski definition) is 3. The van der Waals surface area contributed by atoms with Crippen LogP contribution in [0.3, 0.4) is 0 Å². The third kappa shape index (κ3) is 7.66. The summed E-state index contributed by atoms with van der Waals surface area (Å²) in [7, 11) is 1.50. The molecule has 1 fully saturated rings. The zero-order valence-electron chi connectivity index (χ0n) is 8.47. The van der Waals surface area contributed by atoms with Gasteiger partial charge in [0.1, 0.15) is 23.0 Å². The largest absolute Gasteiger partial charge is 0.333 e. The van der Waals surface area contributed by atoms with Crippen molar-refractivity contribution >= 4 is 23.0 Å². The number of nitrogens with two attached hydrogens (primary N) is 1. The number of nitrogens with zero attached hydrogens (tertiary/aromatic N) is 1. The summed E-state index contributed by atoms with van der Waals surface area (Å²) in [5, 5.41) is 0. The van der Waals surface area contributed by atoms with E-state index in [2.05, 4.69) is 10.6 Å². The lowest BCUT2D eigenvalue weighted by molar-refractivity contribution is 0.215. The lowest BCUT2D eigenvalue weighted by Gasteiger charge is -2.25. The van der Waals surface area contributed by atoms with Crippen molar-refractivity contribution in [3.05, 3.63) is 0 Å². The minimum atomic E-state index is 0.900. The molecule has 0 aliphatic carbocycles. The Kier molecular flexibility index (Phi) is 11.2. The Morgan fingerprint density at radius 1 is 1.23 bits per heavy atom. The van der Waals surface area contributed by atoms with E-state index in [-0.39, 0.29) is 0 Å². The standard InChI is InChI=1S/C8H16INO.CH5N/c9-11-8-4-7-10-5-2-1-3-6-10;1-2/h1-8H2;2H2,1H3. The molecular formula is C9H21IN2O. The second kappa shape index (κ2) is 10.7. The molecule has 2 N–H and O–H groups in total. The zero-order valence-corrected chi connectivity index (χ0v) is 10.6. The summed E-state index contributed by atoms with van der Waals surface area (Å²) in [6.07, 6.45) is 5.40. The highest BCUT2D eigenvalue weighted by atomic mass is 127. The van der Waals surface area contributed by atoms with Crippen molar-refractivity contribution in [2.24, 2.45) is 5.73 Å². The lowest BCUT2D eigenvalue weighted by Crippen LogP contribution is -2.30. The molecule has 0 atom stereocenters. The molecule has 0 unspecified atom stereocenters. The van der Waals surface area contributed by atoms with E-state index < -0.39 is 0 Å². The van der Waals surface area contributed by atoms with E-state index in [9.17, 15) is 0 Å². The van der Waals surface area contributed by atoms with Crippen LogP contribution in [-0.2, 0) is 3.07 Å². The molecule has 3 nitrogen and oxygen atoms in total. The minimum absolute atomic E-state index is 0.900. The molecule has 1 aliphatic rings. The first-order valence-corrected chi connectivity index (χ1v) is 5.85. The van der Waals surface area contributed by atoms with Gasteiger partial charge in [-0.05, 0) is 39.4 Å². The lowest BCUT2D eigenvalue weighted by atomic mass is 10.1. The van der Waals surface area contributed by atoms with Crippen molar-refractivity contribution in [3.8, 4) is 0 Å². The van der Waals surface area contributed by atoms with Crippen LogP contribution in [0.5, 0.6) is 0 Å². The van der Waals surface area contributed by atoms with Crippen LogP contribution in [0.25, 0.3) is 0 Å². The van der Waals surface area contributed by atoms with E-state index in [0.29, 0.717) is 0 Å². The van der Waals surface area contributed by atoms with Crippen LogP contribution in [-0.4, -0.2) is 38.2 Å². The van der Waals surface area contributed by atoms with Gasteiger partial charge in [0.25, 0.3) is 0 Å². The average molecular weight is 300 g/mol. The maximum atomic E-state index is 4.98.